The lowest BCUT2D eigenvalue weighted by Crippen LogP contribution is -2.13. The highest BCUT2D eigenvalue weighted by Gasteiger charge is 2.08. The highest BCUT2D eigenvalue weighted by atomic mass is 32.1. The second kappa shape index (κ2) is 5.79. The summed E-state index contributed by atoms with van der Waals surface area (Å²) in [5.41, 5.74) is 1.16. The van der Waals surface area contributed by atoms with Gasteiger partial charge in [0, 0.05) is 6.42 Å². The Labute approximate surface area is 120 Å². The van der Waals surface area contributed by atoms with Gasteiger partial charge in [-0.1, -0.05) is 30.3 Å². The Hall–Kier alpha value is -2.27. The quantitative estimate of drug-likeness (QED) is 0.799. The Morgan fingerprint density at radius 3 is 2.85 bits per heavy atom. The summed E-state index contributed by atoms with van der Waals surface area (Å²) >= 11 is 1.54. The summed E-state index contributed by atoms with van der Waals surface area (Å²) in [6.07, 6.45) is 2.65. The second-order valence-electron chi connectivity index (χ2n) is 4.40. The van der Waals surface area contributed by atoms with Gasteiger partial charge < -0.3 is 5.32 Å². The summed E-state index contributed by atoms with van der Waals surface area (Å²) in [5.74, 6) is 0.564. The van der Waals surface area contributed by atoms with Gasteiger partial charge in [-0.3, -0.25) is 4.79 Å². The smallest absolute Gasteiger partial charge is 0.225 e. The van der Waals surface area contributed by atoms with Crippen LogP contribution in [0.1, 0.15) is 12.0 Å². The number of aromatic nitrogens is 2. The minimum atomic E-state index is -0.0277. The zero-order chi connectivity index (χ0) is 13.8. The predicted molar refractivity (Wildman–Crippen MR) is 80.8 cm³/mol. The molecule has 2 heterocycles. The molecule has 0 fully saturated rings. The van der Waals surface area contributed by atoms with Gasteiger partial charge >= 0.3 is 0 Å². The Kier molecular flexibility index (Phi) is 3.69. The van der Waals surface area contributed by atoms with E-state index in [1.54, 1.807) is 0 Å². The van der Waals surface area contributed by atoms with Crippen molar-refractivity contribution in [3.63, 3.8) is 0 Å². The molecule has 0 atom stereocenters. The maximum Gasteiger partial charge on any atom is 0.225 e. The second-order valence-corrected chi connectivity index (χ2v) is 5.29. The Morgan fingerprint density at radius 2 is 2.00 bits per heavy atom. The maximum atomic E-state index is 12.0. The number of hydrogen-bond acceptors (Lipinski definition) is 4. The lowest BCUT2D eigenvalue weighted by atomic mass is 10.1. The summed E-state index contributed by atoms with van der Waals surface area (Å²) in [7, 11) is 0. The predicted octanol–water partition coefficient (Wildman–Crippen LogP) is 3.26. The Bertz CT molecular complexity index is 724. The third-order valence-corrected chi connectivity index (χ3v) is 3.82. The SMILES string of the molecule is O=C(CCc1ccccc1)Nc1ncnc2sccc12. The van der Waals surface area contributed by atoms with Gasteiger partial charge in [-0.05, 0) is 23.4 Å². The number of carbonyl (C=O) groups is 1. The molecule has 0 aliphatic carbocycles. The molecule has 1 aromatic carbocycles. The van der Waals surface area contributed by atoms with Crippen molar-refractivity contribution in [2.75, 3.05) is 5.32 Å². The zero-order valence-corrected chi connectivity index (χ0v) is 11.6. The highest BCUT2D eigenvalue weighted by Crippen LogP contribution is 2.23. The number of hydrogen-bond donors (Lipinski definition) is 1. The van der Waals surface area contributed by atoms with Crippen molar-refractivity contribution in [1.29, 1.82) is 0 Å². The monoisotopic (exact) mass is 283 g/mol. The number of aryl methyl sites for hydroxylation is 1. The van der Waals surface area contributed by atoms with Crippen molar-refractivity contribution in [3.05, 3.63) is 53.7 Å². The van der Waals surface area contributed by atoms with Crippen molar-refractivity contribution in [2.24, 2.45) is 0 Å². The van der Waals surface area contributed by atoms with E-state index in [1.807, 2.05) is 41.8 Å². The van der Waals surface area contributed by atoms with Crippen LogP contribution in [0.2, 0.25) is 0 Å². The van der Waals surface area contributed by atoms with Crippen molar-refractivity contribution >= 4 is 33.3 Å². The molecule has 0 saturated carbocycles. The first-order valence-corrected chi connectivity index (χ1v) is 7.23. The number of anilines is 1. The van der Waals surface area contributed by atoms with Crippen LogP contribution in [0, 0.1) is 0 Å². The molecule has 3 aromatic rings. The fraction of sp³-hybridized carbons (Fsp3) is 0.133. The van der Waals surface area contributed by atoms with Gasteiger partial charge in [0.1, 0.15) is 17.0 Å². The molecule has 4 nitrogen and oxygen atoms in total. The summed E-state index contributed by atoms with van der Waals surface area (Å²) in [5, 5.41) is 5.70. The molecule has 5 heteroatoms. The molecule has 0 spiro atoms. The van der Waals surface area contributed by atoms with Gasteiger partial charge in [-0.25, -0.2) is 9.97 Å². The fourth-order valence-corrected chi connectivity index (χ4v) is 2.72. The largest absolute Gasteiger partial charge is 0.310 e. The van der Waals surface area contributed by atoms with E-state index in [0.717, 1.165) is 22.2 Å². The van der Waals surface area contributed by atoms with Crippen LogP contribution in [0.3, 0.4) is 0 Å². The van der Waals surface area contributed by atoms with E-state index in [2.05, 4.69) is 15.3 Å². The minimum Gasteiger partial charge on any atom is -0.310 e. The topological polar surface area (TPSA) is 54.9 Å². The number of benzene rings is 1. The molecule has 0 bridgehead atoms. The van der Waals surface area contributed by atoms with E-state index in [9.17, 15) is 4.79 Å². The Balaban J connectivity index is 1.66. The van der Waals surface area contributed by atoms with Crippen LogP contribution in [-0.4, -0.2) is 15.9 Å². The normalized spacial score (nSPS) is 10.6. The van der Waals surface area contributed by atoms with Crippen LogP contribution in [0.4, 0.5) is 5.82 Å². The molecule has 100 valence electrons. The molecule has 3 rings (SSSR count). The number of nitrogens with one attached hydrogen (secondary N) is 1. The van der Waals surface area contributed by atoms with E-state index >= 15 is 0 Å². The number of fused-ring (bicyclic) bond motifs is 1. The van der Waals surface area contributed by atoms with E-state index in [-0.39, 0.29) is 5.91 Å². The molecule has 20 heavy (non-hydrogen) atoms. The summed E-state index contributed by atoms with van der Waals surface area (Å²) in [6, 6.07) is 11.9. The first-order chi connectivity index (χ1) is 9.83. The lowest BCUT2D eigenvalue weighted by Gasteiger charge is -2.05. The molecule has 0 aliphatic rings. The van der Waals surface area contributed by atoms with Crippen molar-refractivity contribution in [2.45, 2.75) is 12.8 Å². The van der Waals surface area contributed by atoms with Crippen molar-refractivity contribution < 1.29 is 4.79 Å². The van der Waals surface area contributed by atoms with Crippen LogP contribution in [0.25, 0.3) is 10.2 Å². The van der Waals surface area contributed by atoms with Gasteiger partial charge in [-0.15, -0.1) is 11.3 Å². The zero-order valence-electron chi connectivity index (χ0n) is 10.7. The highest BCUT2D eigenvalue weighted by molar-refractivity contribution is 7.16. The molecule has 2 aromatic heterocycles. The van der Waals surface area contributed by atoms with Gasteiger partial charge in [-0.2, -0.15) is 0 Å². The third-order valence-electron chi connectivity index (χ3n) is 3.00. The Morgan fingerprint density at radius 1 is 1.15 bits per heavy atom. The molecule has 1 N–H and O–H groups in total. The standard InChI is InChI=1S/C15H13N3OS/c19-13(7-6-11-4-2-1-3-5-11)18-14-12-8-9-20-15(12)17-10-16-14/h1-5,8-10H,6-7H2,(H,16,17,18,19). The average Bonchev–Trinajstić information content (AvgIpc) is 2.96. The van der Waals surface area contributed by atoms with E-state index in [4.69, 9.17) is 0 Å². The molecular formula is C15H13N3OS. The summed E-state index contributed by atoms with van der Waals surface area (Å²) in [4.78, 5) is 21.2. The van der Waals surface area contributed by atoms with Crippen LogP contribution >= 0.6 is 11.3 Å². The van der Waals surface area contributed by atoms with Gasteiger partial charge in [0.2, 0.25) is 5.91 Å². The third kappa shape index (κ3) is 2.83. The molecule has 0 unspecified atom stereocenters. The van der Waals surface area contributed by atoms with Crippen LogP contribution in [0.5, 0.6) is 0 Å². The van der Waals surface area contributed by atoms with Gasteiger partial charge in [0.25, 0.3) is 0 Å². The number of amides is 1. The number of thiophene rings is 1. The molecule has 0 radical (unpaired) electrons. The summed E-state index contributed by atoms with van der Waals surface area (Å²) < 4.78 is 0. The van der Waals surface area contributed by atoms with Crippen LogP contribution in [0.15, 0.2) is 48.1 Å². The fourth-order valence-electron chi connectivity index (χ4n) is 1.99. The van der Waals surface area contributed by atoms with E-state index in [1.165, 1.54) is 17.7 Å². The minimum absolute atomic E-state index is 0.0277. The first kappa shape index (κ1) is 12.7. The average molecular weight is 283 g/mol. The number of carbonyl (C=O) groups excluding carboxylic acids is 1. The molecule has 0 aliphatic heterocycles. The van der Waals surface area contributed by atoms with E-state index in [0.29, 0.717) is 12.2 Å². The first-order valence-electron chi connectivity index (χ1n) is 6.35. The van der Waals surface area contributed by atoms with Crippen LogP contribution in [-0.2, 0) is 11.2 Å². The van der Waals surface area contributed by atoms with Crippen molar-refractivity contribution in [3.8, 4) is 0 Å². The lowest BCUT2D eigenvalue weighted by molar-refractivity contribution is -0.116. The van der Waals surface area contributed by atoms with Crippen LogP contribution < -0.4 is 5.32 Å². The van der Waals surface area contributed by atoms with Gasteiger partial charge in [0.15, 0.2) is 0 Å². The number of rotatable bonds is 4. The molecule has 1 amide bonds. The molecule has 0 saturated heterocycles. The van der Waals surface area contributed by atoms with Gasteiger partial charge in [0.05, 0.1) is 5.39 Å². The van der Waals surface area contributed by atoms with E-state index < -0.39 is 0 Å². The molecular weight excluding hydrogens is 270 g/mol. The van der Waals surface area contributed by atoms with Crippen molar-refractivity contribution in [1.82, 2.24) is 9.97 Å². The summed E-state index contributed by atoms with van der Waals surface area (Å²) in [6.45, 7) is 0. The maximum absolute atomic E-state index is 12.0. The number of nitrogens with zero attached hydrogens (tertiary/aromatic N) is 2.